The Hall–Kier alpha value is -2.38. The van der Waals surface area contributed by atoms with E-state index in [0.29, 0.717) is 31.9 Å². The van der Waals surface area contributed by atoms with Crippen molar-refractivity contribution in [2.75, 3.05) is 50.6 Å². The number of benzene rings is 1. The maximum absolute atomic E-state index is 12.5. The molecule has 1 aromatic heterocycles. The number of halogens is 2. The molecule has 1 aliphatic heterocycles. The summed E-state index contributed by atoms with van der Waals surface area (Å²) in [6.07, 6.45) is 0. The van der Waals surface area contributed by atoms with E-state index in [1.54, 1.807) is 31.3 Å². The van der Waals surface area contributed by atoms with Crippen molar-refractivity contribution >= 4 is 40.6 Å². The van der Waals surface area contributed by atoms with Gasteiger partial charge < -0.3 is 24.6 Å². The van der Waals surface area contributed by atoms with Crippen LogP contribution in [-0.2, 0) is 0 Å². The lowest BCUT2D eigenvalue weighted by Gasteiger charge is -2.36. The number of rotatable bonds is 4. The number of aromatic nitrogens is 1. The van der Waals surface area contributed by atoms with Crippen molar-refractivity contribution < 1.29 is 14.3 Å². The monoisotopic (exact) mass is 410 g/mol. The largest absolute Gasteiger partial charge is 0.497 e. The topological polar surface area (TPSA) is 66.9 Å². The molecule has 27 heavy (non-hydrogen) atoms. The zero-order valence-electron chi connectivity index (χ0n) is 15.0. The van der Waals surface area contributed by atoms with Gasteiger partial charge in [-0.25, -0.2) is 9.78 Å². The van der Waals surface area contributed by atoms with Crippen molar-refractivity contribution in [3.05, 3.63) is 40.6 Å². The summed E-state index contributed by atoms with van der Waals surface area (Å²) in [5.74, 6) is 1.48. The number of ether oxygens (including phenoxy) is 2. The first-order valence-corrected chi connectivity index (χ1v) is 9.11. The highest BCUT2D eigenvalue weighted by molar-refractivity contribution is 6.32. The van der Waals surface area contributed by atoms with E-state index in [1.807, 2.05) is 18.2 Å². The van der Waals surface area contributed by atoms with E-state index in [2.05, 4.69) is 15.2 Å². The lowest BCUT2D eigenvalue weighted by molar-refractivity contribution is 0.208. The van der Waals surface area contributed by atoms with Gasteiger partial charge in [-0.05, 0) is 24.3 Å². The summed E-state index contributed by atoms with van der Waals surface area (Å²) in [5, 5.41) is 3.27. The number of nitrogens with zero attached hydrogens (tertiary/aromatic N) is 3. The number of carbonyl (C=O) groups excluding carboxylic acids is 1. The van der Waals surface area contributed by atoms with Gasteiger partial charge in [0.05, 0.1) is 19.9 Å². The molecule has 1 N–H and O–H groups in total. The molecule has 0 atom stereocenters. The van der Waals surface area contributed by atoms with Gasteiger partial charge in [-0.3, -0.25) is 0 Å². The molecule has 2 amide bonds. The highest BCUT2D eigenvalue weighted by Crippen LogP contribution is 2.32. The Morgan fingerprint density at radius 3 is 2.30 bits per heavy atom. The van der Waals surface area contributed by atoms with Gasteiger partial charge >= 0.3 is 6.03 Å². The Morgan fingerprint density at radius 2 is 1.70 bits per heavy atom. The van der Waals surface area contributed by atoms with Crippen LogP contribution in [0.15, 0.2) is 30.3 Å². The lowest BCUT2D eigenvalue weighted by Crippen LogP contribution is -2.50. The summed E-state index contributed by atoms with van der Waals surface area (Å²) in [7, 11) is 3.25. The summed E-state index contributed by atoms with van der Waals surface area (Å²) in [4.78, 5) is 20.3. The Morgan fingerprint density at radius 1 is 1.04 bits per heavy atom. The Bertz CT molecular complexity index is 806. The minimum atomic E-state index is -0.199. The first-order chi connectivity index (χ1) is 13.0. The predicted octanol–water partition coefficient (Wildman–Crippen LogP) is 3.76. The van der Waals surface area contributed by atoms with Crippen LogP contribution in [0, 0.1) is 0 Å². The maximum Gasteiger partial charge on any atom is 0.321 e. The molecule has 0 spiro atoms. The van der Waals surface area contributed by atoms with E-state index in [4.69, 9.17) is 32.7 Å². The van der Waals surface area contributed by atoms with Gasteiger partial charge in [0.25, 0.3) is 0 Å². The van der Waals surface area contributed by atoms with Crippen molar-refractivity contribution in [3.8, 4) is 11.5 Å². The van der Waals surface area contributed by atoms with Crippen LogP contribution in [0.4, 0.5) is 16.2 Å². The summed E-state index contributed by atoms with van der Waals surface area (Å²) >= 11 is 11.7. The molecule has 144 valence electrons. The van der Waals surface area contributed by atoms with E-state index < -0.39 is 0 Å². The quantitative estimate of drug-likeness (QED) is 0.777. The summed E-state index contributed by atoms with van der Waals surface area (Å²) in [5.41, 5.74) is 1.50. The fraction of sp³-hybridized carbons (Fsp3) is 0.333. The van der Waals surface area contributed by atoms with Crippen LogP contribution in [-0.4, -0.2) is 56.3 Å². The second-order valence-corrected chi connectivity index (χ2v) is 6.72. The SMILES string of the molecule is COc1ccc(N2CCN(C(=O)Nc3cc(Cl)nc(Cl)c3)CC2)c(OC)c1. The highest BCUT2D eigenvalue weighted by Gasteiger charge is 2.23. The fourth-order valence-corrected chi connectivity index (χ4v) is 3.40. The number of methoxy groups -OCH3 is 2. The number of carbonyl (C=O) groups is 1. The fourth-order valence-electron chi connectivity index (χ4n) is 2.94. The van der Waals surface area contributed by atoms with Crippen LogP contribution in [0.2, 0.25) is 10.3 Å². The van der Waals surface area contributed by atoms with Crippen molar-refractivity contribution in [3.63, 3.8) is 0 Å². The Labute approximate surface area is 167 Å². The average Bonchev–Trinajstić information content (AvgIpc) is 2.66. The minimum absolute atomic E-state index is 0.199. The minimum Gasteiger partial charge on any atom is -0.497 e. The van der Waals surface area contributed by atoms with Crippen molar-refractivity contribution in [1.29, 1.82) is 0 Å². The molecular weight excluding hydrogens is 391 g/mol. The van der Waals surface area contributed by atoms with E-state index in [-0.39, 0.29) is 16.3 Å². The zero-order valence-corrected chi connectivity index (χ0v) is 16.5. The summed E-state index contributed by atoms with van der Waals surface area (Å²) in [6, 6.07) is 8.64. The van der Waals surface area contributed by atoms with Crippen molar-refractivity contribution in [1.82, 2.24) is 9.88 Å². The van der Waals surface area contributed by atoms with Gasteiger partial charge in [-0.15, -0.1) is 0 Å². The van der Waals surface area contributed by atoms with E-state index in [9.17, 15) is 4.79 Å². The number of amides is 2. The number of hydrogen-bond acceptors (Lipinski definition) is 5. The number of anilines is 2. The second kappa shape index (κ2) is 8.54. The van der Waals surface area contributed by atoms with Crippen molar-refractivity contribution in [2.24, 2.45) is 0 Å². The number of hydrogen-bond donors (Lipinski definition) is 1. The lowest BCUT2D eigenvalue weighted by atomic mass is 10.2. The molecule has 9 heteroatoms. The standard InChI is InChI=1S/C18H20Cl2N4O3/c1-26-13-3-4-14(15(11-13)27-2)23-5-7-24(8-6-23)18(25)21-12-9-16(19)22-17(20)10-12/h3-4,9-11H,5-8H2,1-2H3,(H,21,22,25). The second-order valence-electron chi connectivity index (χ2n) is 5.94. The van der Waals surface area contributed by atoms with Crippen LogP contribution in [0.5, 0.6) is 11.5 Å². The summed E-state index contributed by atoms with van der Waals surface area (Å²) < 4.78 is 10.7. The third kappa shape index (κ3) is 4.67. The number of urea groups is 1. The molecule has 7 nitrogen and oxygen atoms in total. The van der Waals surface area contributed by atoms with Gasteiger partial charge in [0, 0.05) is 37.9 Å². The van der Waals surface area contributed by atoms with Crippen LogP contribution >= 0.6 is 23.2 Å². The molecule has 3 rings (SSSR count). The number of pyridine rings is 1. The van der Waals surface area contributed by atoms with Gasteiger partial charge in [-0.2, -0.15) is 0 Å². The van der Waals surface area contributed by atoms with Crippen LogP contribution in [0.25, 0.3) is 0 Å². The summed E-state index contributed by atoms with van der Waals surface area (Å²) in [6.45, 7) is 2.53. The first kappa shape index (κ1) is 19.4. The van der Waals surface area contributed by atoms with Crippen LogP contribution in [0.1, 0.15) is 0 Å². The Kier molecular flexibility index (Phi) is 6.13. The van der Waals surface area contributed by atoms with Crippen molar-refractivity contribution in [2.45, 2.75) is 0 Å². The normalized spacial score (nSPS) is 14.1. The molecule has 0 radical (unpaired) electrons. The third-order valence-corrected chi connectivity index (χ3v) is 4.70. The molecule has 2 heterocycles. The molecular formula is C18H20Cl2N4O3. The van der Waals surface area contributed by atoms with E-state index >= 15 is 0 Å². The number of piperazine rings is 1. The molecule has 1 aliphatic rings. The Balaban J connectivity index is 1.62. The highest BCUT2D eigenvalue weighted by atomic mass is 35.5. The molecule has 2 aromatic rings. The third-order valence-electron chi connectivity index (χ3n) is 4.31. The van der Waals surface area contributed by atoms with Crippen LogP contribution < -0.4 is 19.7 Å². The molecule has 1 aromatic carbocycles. The molecule has 0 unspecified atom stereocenters. The maximum atomic E-state index is 12.5. The van der Waals surface area contributed by atoms with Gasteiger partial charge in [0.1, 0.15) is 21.8 Å². The van der Waals surface area contributed by atoms with Gasteiger partial charge in [0.15, 0.2) is 0 Å². The number of nitrogens with one attached hydrogen (secondary N) is 1. The molecule has 0 saturated carbocycles. The molecule has 1 saturated heterocycles. The van der Waals surface area contributed by atoms with E-state index in [0.717, 1.165) is 17.2 Å². The smallest absolute Gasteiger partial charge is 0.321 e. The van der Waals surface area contributed by atoms with E-state index in [1.165, 1.54) is 0 Å². The predicted molar refractivity (Wildman–Crippen MR) is 107 cm³/mol. The zero-order chi connectivity index (χ0) is 19.4. The molecule has 0 aliphatic carbocycles. The van der Waals surface area contributed by atoms with Crippen LogP contribution in [0.3, 0.4) is 0 Å². The van der Waals surface area contributed by atoms with Gasteiger partial charge in [0.2, 0.25) is 0 Å². The molecule has 0 bridgehead atoms. The first-order valence-electron chi connectivity index (χ1n) is 8.36. The van der Waals surface area contributed by atoms with Gasteiger partial charge in [-0.1, -0.05) is 23.2 Å². The average molecular weight is 411 g/mol. The molecule has 1 fully saturated rings.